The molecule has 0 atom stereocenters. The molecule has 0 aromatic carbocycles. The zero-order chi connectivity index (χ0) is 11.9. The molecule has 0 aliphatic heterocycles. The van der Waals surface area contributed by atoms with E-state index >= 15 is 0 Å². The van der Waals surface area contributed by atoms with Crippen LogP contribution in [0.5, 0.6) is 0 Å². The van der Waals surface area contributed by atoms with Gasteiger partial charge in [0.05, 0.1) is 0 Å². The molecular weight excluding hydrogens is 212 g/mol. The summed E-state index contributed by atoms with van der Waals surface area (Å²) >= 11 is 0. The monoisotopic (exact) mass is 230 g/mol. The summed E-state index contributed by atoms with van der Waals surface area (Å²) in [5.41, 5.74) is 0. The maximum atomic E-state index is 10.1. The Morgan fingerprint density at radius 3 is 1.69 bits per heavy atom. The molecule has 0 rings (SSSR count). The van der Waals surface area contributed by atoms with Gasteiger partial charge in [0.15, 0.2) is 6.61 Å². The van der Waals surface area contributed by atoms with Crippen LogP contribution in [-0.4, -0.2) is 47.7 Å². The van der Waals surface area contributed by atoms with E-state index in [0.29, 0.717) is 0 Å². The van der Waals surface area contributed by atoms with E-state index in [1.54, 1.807) is 0 Å². The van der Waals surface area contributed by atoms with Crippen LogP contribution in [0.3, 0.4) is 0 Å². The Kier molecular flexibility index (Phi) is 23.8. The van der Waals surface area contributed by atoms with Crippen molar-refractivity contribution in [3.05, 3.63) is 0 Å². The van der Waals surface area contributed by atoms with Crippen LogP contribution in [0.1, 0.15) is 14.4 Å². The first-order valence-corrected chi connectivity index (χ1v) is 4.06. The first-order valence-electron chi connectivity index (χ1n) is 4.06. The van der Waals surface area contributed by atoms with Crippen LogP contribution in [0.25, 0.3) is 0 Å². The Bertz CT molecular complexity index is 256. The maximum absolute atomic E-state index is 10.1. The van der Waals surface area contributed by atoms with Crippen LogP contribution < -0.4 is 0 Å². The molecule has 16 heavy (non-hydrogen) atoms. The Morgan fingerprint density at radius 2 is 1.38 bits per heavy atom. The van der Waals surface area contributed by atoms with Crippen LogP contribution in [0.2, 0.25) is 0 Å². The van der Waals surface area contributed by atoms with Crippen LogP contribution in [0.4, 0.5) is 0 Å². The fourth-order valence-electron chi connectivity index (χ4n) is 0.356. The fourth-order valence-corrected chi connectivity index (χ4v) is 0.356. The van der Waals surface area contributed by atoms with Crippen molar-refractivity contribution in [2.45, 2.75) is 14.4 Å². The third kappa shape index (κ3) is 29.4. The average molecular weight is 230 g/mol. The van der Waals surface area contributed by atoms with Gasteiger partial charge in [0.1, 0.15) is 19.8 Å². The van der Waals surface area contributed by atoms with Crippen molar-refractivity contribution >= 4 is 5.97 Å². The number of hydrogen-bond acceptors (Lipinski definition) is 5. The standard InChI is InChI=1S/C6H8O3.C4H6O2.CH4/c1-6(8)9-5-3-2-4-7;5-3-1-2-4-6;/h7H,4-5H2,1H3;5-6H,3-4H2;1H4. The summed E-state index contributed by atoms with van der Waals surface area (Å²) in [6.07, 6.45) is 0. The van der Waals surface area contributed by atoms with E-state index in [9.17, 15) is 4.79 Å². The maximum Gasteiger partial charge on any atom is 0.303 e. The molecular formula is C11H18O5. The predicted molar refractivity (Wildman–Crippen MR) is 60.2 cm³/mol. The van der Waals surface area contributed by atoms with Crippen molar-refractivity contribution in [2.75, 3.05) is 26.4 Å². The van der Waals surface area contributed by atoms with Gasteiger partial charge >= 0.3 is 5.97 Å². The van der Waals surface area contributed by atoms with Crippen LogP contribution in [0.15, 0.2) is 0 Å². The van der Waals surface area contributed by atoms with Gasteiger partial charge in [-0.2, -0.15) is 0 Å². The highest BCUT2D eigenvalue weighted by atomic mass is 16.5. The molecule has 5 nitrogen and oxygen atoms in total. The van der Waals surface area contributed by atoms with Gasteiger partial charge in [-0.1, -0.05) is 31.1 Å². The van der Waals surface area contributed by atoms with Gasteiger partial charge in [0.2, 0.25) is 0 Å². The summed E-state index contributed by atoms with van der Waals surface area (Å²) < 4.78 is 4.42. The van der Waals surface area contributed by atoms with Crippen molar-refractivity contribution in [3.8, 4) is 23.7 Å². The molecule has 0 radical (unpaired) electrons. The summed E-state index contributed by atoms with van der Waals surface area (Å²) in [6, 6.07) is 0. The molecule has 0 aromatic rings. The summed E-state index contributed by atoms with van der Waals surface area (Å²) in [7, 11) is 0. The minimum Gasteiger partial charge on any atom is -0.453 e. The summed E-state index contributed by atoms with van der Waals surface area (Å²) in [5, 5.41) is 23.9. The van der Waals surface area contributed by atoms with Gasteiger partial charge in [-0.05, 0) is 0 Å². The number of aliphatic hydroxyl groups is 3. The van der Waals surface area contributed by atoms with Crippen molar-refractivity contribution in [3.63, 3.8) is 0 Å². The lowest BCUT2D eigenvalue weighted by molar-refractivity contribution is -0.139. The zero-order valence-corrected chi connectivity index (χ0v) is 8.49. The number of hydrogen-bond donors (Lipinski definition) is 3. The molecule has 0 amide bonds. The van der Waals surface area contributed by atoms with Crippen molar-refractivity contribution < 1.29 is 24.9 Å². The van der Waals surface area contributed by atoms with E-state index in [2.05, 4.69) is 28.4 Å². The quantitative estimate of drug-likeness (QED) is 0.404. The molecule has 0 bridgehead atoms. The van der Waals surface area contributed by atoms with Crippen LogP contribution in [0, 0.1) is 23.7 Å². The highest BCUT2D eigenvalue weighted by Crippen LogP contribution is 1.71. The van der Waals surface area contributed by atoms with Crippen LogP contribution >= 0.6 is 0 Å². The third-order valence-corrected chi connectivity index (χ3v) is 0.835. The number of carbonyl (C=O) groups excluding carboxylic acids is 1. The Balaban J connectivity index is -0.000000214. The van der Waals surface area contributed by atoms with Gasteiger partial charge in [0, 0.05) is 6.92 Å². The van der Waals surface area contributed by atoms with Crippen molar-refractivity contribution in [2.24, 2.45) is 0 Å². The molecule has 0 aliphatic carbocycles. The number of esters is 1. The van der Waals surface area contributed by atoms with E-state index in [-0.39, 0.29) is 39.8 Å². The molecule has 3 N–H and O–H groups in total. The van der Waals surface area contributed by atoms with Crippen LogP contribution in [-0.2, 0) is 9.53 Å². The molecule has 0 saturated carbocycles. The molecule has 0 spiro atoms. The van der Waals surface area contributed by atoms with Gasteiger partial charge in [0.25, 0.3) is 0 Å². The predicted octanol–water partition coefficient (Wildman–Crippen LogP) is -0.844. The number of carbonyl (C=O) groups is 1. The topological polar surface area (TPSA) is 87.0 Å². The van der Waals surface area contributed by atoms with Gasteiger partial charge < -0.3 is 20.1 Å². The molecule has 0 unspecified atom stereocenters. The van der Waals surface area contributed by atoms with Gasteiger partial charge in [-0.3, -0.25) is 4.79 Å². The largest absolute Gasteiger partial charge is 0.453 e. The van der Waals surface area contributed by atoms with Gasteiger partial charge in [-0.25, -0.2) is 0 Å². The normalized spacial score (nSPS) is 6.50. The summed E-state index contributed by atoms with van der Waals surface area (Å²) in [5.74, 6) is 8.90. The minimum absolute atomic E-state index is 0. The van der Waals surface area contributed by atoms with Gasteiger partial charge in [-0.15, -0.1) is 0 Å². The molecule has 0 aromatic heterocycles. The highest BCUT2D eigenvalue weighted by molar-refractivity contribution is 5.66. The second-order valence-corrected chi connectivity index (χ2v) is 1.96. The SMILES string of the molecule is C.CC(=O)OCC#CCO.OCC#CCO. The lowest BCUT2D eigenvalue weighted by Crippen LogP contribution is -1.97. The first kappa shape index (κ1) is 20.0. The minimum atomic E-state index is -0.359. The Morgan fingerprint density at radius 1 is 1.00 bits per heavy atom. The zero-order valence-electron chi connectivity index (χ0n) is 8.49. The average Bonchev–Trinajstić information content (AvgIpc) is 2.22. The molecule has 0 fully saturated rings. The summed E-state index contributed by atoms with van der Waals surface area (Å²) in [4.78, 5) is 10.1. The van der Waals surface area contributed by atoms with Crippen molar-refractivity contribution in [1.29, 1.82) is 0 Å². The van der Waals surface area contributed by atoms with E-state index < -0.39 is 0 Å². The van der Waals surface area contributed by atoms with Crippen molar-refractivity contribution in [1.82, 2.24) is 0 Å². The second-order valence-electron chi connectivity index (χ2n) is 1.96. The number of rotatable bonds is 1. The Labute approximate surface area is 96.1 Å². The van der Waals surface area contributed by atoms with E-state index in [1.165, 1.54) is 6.92 Å². The molecule has 92 valence electrons. The molecule has 0 saturated heterocycles. The first-order chi connectivity index (χ1) is 7.18. The molecule has 0 heterocycles. The smallest absolute Gasteiger partial charge is 0.303 e. The Hall–Kier alpha value is -1.53. The molecule has 5 heteroatoms. The molecule has 0 aliphatic rings. The number of aliphatic hydroxyl groups excluding tert-OH is 3. The summed E-state index contributed by atoms with van der Waals surface area (Å²) in [6.45, 7) is 0.846. The highest BCUT2D eigenvalue weighted by Gasteiger charge is 1.84. The second kappa shape index (κ2) is 19.1. The third-order valence-electron chi connectivity index (χ3n) is 0.835. The number of ether oxygens (including phenoxy) is 1. The van der Waals surface area contributed by atoms with E-state index in [4.69, 9.17) is 15.3 Å². The van der Waals surface area contributed by atoms with E-state index in [0.717, 1.165) is 0 Å². The lowest BCUT2D eigenvalue weighted by Gasteiger charge is -1.90. The fraction of sp³-hybridized carbons (Fsp3) is 0.545. The van der Waals surface area contributed by atoms with E-state index in [1.807, 2.05) is 0 Å². The lowest BCUT2D eigenvalue weighted by atomic mass is 10.6.